The van der Waals surface area contributed by atoms with Crippen LogP contribution in [-0.2, 0) is 4.79 Å². The van der Waals surface area contributed by atoms with E-state index in [4.69, 9.17) is 5.11 Å². The number of pyridine rings is 1. The van der Waals surface area contributed by atoms with Gasteiger partial charge >= 0.3 is 5.97 Å². The molecule has 3 N–H and O–H groups in total. The number of hydrogen-bond acceptors (Lipinski definition) is 5. The van der Waals surface area contributed by atoms with E-state index < -0.39 is 11.9 Å². The number of nitrogens with one attached hydrogen (secondary N) is 2. The second kappa shape index (κ2) is 9.29. The number of hydrogen-bond donors (Lipinski definition) is 3. The Kier molecular flexibility index (Phi) is 6.56. The first-order valence-electron chi connectivity index (χ1n) is 9.56. The fourth-order valence-corrected chi connectivity index (χ4v) is 3.19. The van der Waals surface area contributed by atoms with Crippen LogP contribution >= 0.6 is 0 Å². The van der Waals surface area contributed by atoms with Gasteiger partial charge in [-0.25, -0.2) is 4.79 Å². The molecule has 0 saturated carbocycles. The number of aryl methyl sites for hydroxylation is 1. The van der Waals surface area contributed by atoms with Gasteiger partial charge in [0.1, 0.15) is 5.69 Å². The number of rotatable bonds is 6. The van der Waals surface area contributed by atoms with Gasteiger partial charge in [0, 0.05) is 17.6 Å². The molecule has 1 aromatic heterocycles. The lowest BCUT2D eigenvalue weighted by Crippen LogP contribution is -2.36. The Morgan fingerprint density at radius 2 is 1.83 bits per heavy atom. The Balaban J connectivity index is 1.64. The summed E-state index contributed by atoms with van der Waals surface area (Å²) in [4.78, 5) is 41.6. The lowest BCUT2D eigenvalue weighted by atomic mass is 10.1. The van der Waals surface area contributed by atoms with Gasteiger partial charge in [-0.1, -0.05) is 12.5 Å². The summed E-state index contributed by atoms with van der Waals surface area (Å²) in [6.07, 6.45) is 4.59. The first-order chi connectivity index (χ1) is 13.9. The van der Waals surface area contributed by atoms with Crippen molar-refractivity contribution in [3.63, 3.8) is 0 Å². The van der Waals surface area contributed by atoms with Crippen molar-refractivity contribution in [1.29, 1.82) is 0 Å². The maximum Gasteiger partial charge on any atom is 0.337 e. The molecule has 0 aliphatic carbocycles. The van der Waals surface area contributed by atoms with Crippen LogP contribution in [0.4, 0.5) is 11.4 Å². The lowest BCUT2D eigenvalue weighted by Gasteiger charge is -2.25. The minimum atomic E-state index is -1.10. The van der Waals surface area contributed by atoms with E-state index in [0.29, 0.717) is 17.9 Å². The van der Waals surface area contributed by atoms with Crippen LogP contribution in [0.3, 0.4) is 0 Å². The molecular formula is C21H24N4O4. The summed E-state index contributed by atoms with van der Waals surface area (Å²) >= 11 is 0. The molecule has 0 unspecified atom stereocenters. The maximum atomic E-state index is 12.4. The number of carbonyl (C=O) groups is 3. The first-order valence-corrected chi connectivity index (χ1v) is 9.56. The summed E-state index contributed by atoms with van der Waals surface area (Å²) in [5.41, 5.74) is 2.15. The van der Waals surface area contributed by atoms with Crippen molar-refractivity contribution in [2.75, 3.05) is 30.3 Å². The smallest absolute Gasteiger partial charge is 0.337 e. The van der Waals surface area contributed by atoms with Crippen LogP contribution in [0, 0.1) is 6.92 Å². The molecule has 8 nitrogen and oxygen atoms in total. The molecule has 2 amide bonds. The molecule has 0 radical (unpaired) electrons. The van der Waals surface area contributed by atoms with E-state index in [0.717, 1.165) is 37.7 Å². The molecule has 1 fully saturated rings. The zero-order valence-corrected chi connectivity index (χ0v) is 16.3. The van der Waals surface area contributed by atoms with Crippen molar-refractivity contribution in [1.82, 2.24) is 9.88 Å². The highest BCUT2D eigenvalue weighted by molar-refractivity contribution is 6.04. The van der Waals surface area contributed by atoms with E-state index in [1.165, 1.54) is 18.6 Å². The summed E-state index contributed by atoms with van der Waals surface area (Å²) in [6.45, 7) is 4.12. The molecule has 2 aromatic rings. The third-order valence-electron chi connectivity index (χ3n) is 4.83. The fourth-order valence-electron chi connectivity index (χ4n) is 3.19. The van der Waals surface area contributed by atoms with Crippen molar-refractivity contribution >= 4 is 29.2 Å². The molecule has 1 aliphatic heterocycles. The van der Waals surface area contributed by atoms with Crippen LogP contribution in [0.2, 0.25) is 0 Å². The number of aromatic nitrogens is 1. The molecule has 1 aromatic carbocycles. The molecule has 0 atom stereocenters. The number of carboxylic acids is 1. The zero-order valence-electron chi connectivity index (χ0n) is 16.3. The first kappa shape index (κ1) is 20.5. The number of carboxylic acid groups (broad SMARTS) is 1. The Morgan fingerprint density at radius 1 is 1.07 bits per heavy atom. The highest BCUT2D eigenvalue weighted by Crippen LogP contribution is 2.21. The quantitative estimate of drug-likeness (QED) is 0.692. The Bertz CT molecular complexity index is 905. The SMILES string of the molecule is Cc1ccc(NC(=O)c2ccc(C(=O)O)cn2)cc1NC(=O)CN1CCCCC1. The van der Waals surface area contributed by atoms with Crippen LogP contribution in [0.5, 0.6) is 0 Å². The van der Waals surface area contributed by atoms with Crippen LogP contribution in [0.25, 0.3) is 0 Å². The molecule has 2 heterocycles. The monoisotopic (exact) mass is 396 g/mol. The summed E-state index contributed by atoms with van der Waals surface area (Å²) in [5, 5.41) is 14.5. The van der Waals surface area contributed by atoms with Gasteiger partial charge in [0.15, 0.2) is 0 Å². The van der Waals surface area contributed by atoms with Crippen molar-refractivity contribution in [3.8, 4) is 0 Å². The fraction of sp³-hybridized carbons (Fsp3) is 0.333. The number of carbonyl (C=O) groups excluding carboxylic acids is 2. The molecular weight excluding hydrogens is 372 g/mol. The van der Waals surface area contributed by atoms with Crippen LogP contribution in [-0.4, -0.2) is 52.4 Å². The zero-order chi connectivity index (χ0) is 20.8. The lowest BCUT2D eigenvalue weighted by molar-refractivity contribution is -0.117. The van der Waals surface area contributed by atoms with Gasteiger partial charge in [0.05, 0.1) is 12.1 Å². The van der Waals surface area contributed by atoms with Crippen LogP contribution < -0.4 is 10.6 Å². The van der Waals surface area contributed by atoms with E-state index in [1.54, 1.807) is 12.1 Å². The standard InChI is InChI=1S/C21H24N4O4/c1-14-5-7-16(23-20(27)17-8-6-15(12-22-17)21(28)29)11-18(14)24-19(26)13-25-9-3-2-4-10-25/h5-8,11-12H,2-4,9-10,13H2,1H3,(H,23,27)(H,24,26)(H,28,29). The number of piperidine rings is 1. The van der Waals surface area contributed by atoms with Gasteiger partial charge in [0.25, 0.3) is 5.91 Å². The second-order valence-corrected chi connectivity index (χ2v) is 7.11. The largest absolute Gasteiger partial charge is 0.478 e. The molecule has 1 aliphatic rings. The minimum absolute atomic E-state index is 0.00981. The summed E-state index contributed by atoms with van der Waals surface area (Å²) in [7, 11) is 0. The Hall–Kier alpha value is -3.26. The van der Waals surface area contributed by atoms with E-state index in [9.17, 15) is 14.4 Å². The normalized spacial score (nSPS) is 14.2. The third-order valence-corrected chi connectivity index (χ3v) is 4.83. The number of benzene rings is 1. The Morgan fingerprint density at radius 3 is 2.48 bits per heavy atom. The molecule has 0 bridgehead atoms. The van der Waals surface area contributed by atoms with Gasteiger partial charge in [-0.15, -0.1) is 0 Å². The number of nitrogens with zero attached hydrogens (tertiary/aromatic N) is 2. The van der Waals surface area contributed by atoms with Crippen LogP contribution in [0.15, 0.2) is 36.5 Å². The van der Waals surface area contributed by atoms with Gasteiger partial charge in [-0.3, -0.25) is 19.5 Å². The number of aromatic carboxylic acids is 1. The van der Waals surface area contributed by atoms with Crippen LogP contribution in [0.1, 0.15) is 45.7 Å². The van der Waals surface area contributed by atoms with Gasteiger partial charge in [-0.2, -0.15) is 0 Å². The highest BCUT2D eigenvalue weighted by atomic mass is 16.4. The van der Waals surface area contributed by atoms with E-state index in [2.05, 4.69) is 20.5 Å². The molecule has 8 heteroatoms. The van der Waals surface area contributed by atoms with E-state index >= 15 is 0 Å². The predicted molar refractivity (Wildman–Crippen MR) is 109 cm³/mol. The second-order valence-electron chi connectivity index (χ2n) is 7.11. The Labute approximate surface area is 168 Å². The molecule has 1 saturated heterocycles. The summed E-state index contributed by atoms with van der Waals surface area (Å²) in [5.74, 6) is -1.64. The summed E-state index contributed by atoms with van der Waals surface area (Å²) < 4.78 is 0. The van der Waals surface area contributed by atoms with E-state index in [1.807, 2.05) is 13.0 Å². The van der Waals surface area contributed by atoms with E-state index in [-0.39, 0.29) is 17.2 Å². The van der Waals surface area contributed by atoms with Crippen molar-refractivity contribution in [2.45, 2.75) is 26.2 Å². The van der Waals surface area contributed by atoms with Gasteiger partial charge < -0.3 is 15.7 Å². The topological polar surface area (TPSA) is 112 Å². The molecule has 152 valence electrons. The average Bonchev–Trinajstić information content (AvgIpc) is 2.71. The van der Waals surface area contributed by atoms with Gasteiger partial charge in [-0.05, 0) is 62.7 Å². The van der Waals surface area contributed by atoms with Crippen molar-refractivity contribution in [2.24, 2.45) is 0 Å². The molecule has 0 spiro atoms. The minimum Gasteiger partial charge on any atom is -0.478 e. The van der Waals surface area contributed by atoms with Gasteiger partial charge in [0.2, 0.25) is 5.91 Å². The predicted octanol–water partition coefficient (Wildman–Crippen LogP) is 2.76. The number of anilines is 2. The number of likely N-dealkylation sites (tertiary alicyclic amines) is 1. The summed E-state index contributed by atoms with van der Waals surface area (Å²) in [6, 6.07) is 7.93. The molecule has 3 rings (SSSR count). The maximum absolute atomic E-state index is 12.4. The number of amides is 2. The highest BCUT2D eigenvalue weighted by Gasteiger charge is 2.15. The van der Waals surface area contributed by atoms with Crippen molar-refractivity contribution in [3.05, 3.63) is 53.3 Å². The van der Waals surface area contributed by atoms with Crippen molar-refractivity contribution < 1.29 is 19.5 Å². The molecule has 29 heavy (non-hydrogen) atoms. The third kappa shape index (κ3) is 5.61. The average molecular weight is 396 g/mol.